The van der Waals surface area contributed by atoms with Crippen LogP contribution in [0.3, 0.4) is 0 Å². The number of fused-ring (bicyclic) bond motifs is 1. The third kappa shape index (κ3) is 6.95. The smallest absolute Gasteiger partial charge is 0.223 e. The van der Waals surface area contributed by atoms with E-state index in [0.29, 0.717) is 19.5 Å². The number of carbonyl (C=O) groups is 1. The molecular formula is C40H38N2O. The molecule has 0 saturated heterocycles. The highest BCUT2D eigenvalue weighted by molar-refractivity contribution is 5.87. The summed E-state index contributed by atoms with van der Waals surface area (Å²) >= 11 is 0. The summed E-state index contributed by atoms with van der Waals surface area (Å²) in [5.41, 5.74) is 8.42. The zero-order valence-electron chi connectivity index (χ0n) is 24.8. The molecule has 0 bridgehead atoms. The minimum Gasteiger partial charge on any atom is -0.343 e. The number of hydrogen-bond donors (Lipinski definition) is 0. The highest BCUT2D eigenvalue weighted by Gasteiger charge is 2.26. The summed E-state index contributed by atoms with van der Waals surface area (Å²) in [6.45, 7) is 4.19. The summed E-state index contributed by atoms with van der Waals surface area (Å²) in [5, 5.41) is 1.21. The Morgan fingerprint density at radius 1 is 0.698 bits per heavy atom. The van der Waals surface area contributed by atoms with Crippen LogP contribution < -0.4 is 0 Å². The third-order valence-electron chi connectivity index (χ3n) is 8.30. The van der Waals surface area contributed by atoms with Gasteiger partial charge < -0.3 is 9.47 Å². The Kier molecular flexibility index (Phi) is 8.80. The number of para-hydroxylation sites is 1. The van der Waals surface area contributed by atoms with Crippen molar-refractivity contribution in [2.75, 3.05) is 6.54 Å². The van der Waals surface area contributed by atoms with Gasteiger partial charge in [0.1, 0.15) is 0 Å². The van der Waals surface area contributed by atoms with Crippen molar-refractivity contribution >= 4 is 16.8 Å². The first kappa shape index (κ1) is 28.2. The summed E-state index contributed by atoms with van der Waals surface area (Å²) < 4.78 is 2.34. The lowest BCUT2D eigenvalue weighted by atomic mass is 9.87. The van der Waals surface area contributed by atoms with Gasteiger partial charge in [0.25, 0.3) is 0 Å². The first-order chi connectivity index (χ1) is 21.1. The van der Waals surface area contributed by atoms with E-state index in [-0.39, 0.29) is 11.8 Å². The van der Waals surface area contributed by atoms with Gasteiger partial charge in [-0.15, -0.1) is 0 Å². The maximum atomic E-state index is 14.4. The van der Waals surface area contributed by atoms with Crippen molar-refractivity contribution in [2.24, 2.45) is 0 Å². The summed E-state index contributed by atoms with van der Waals surface area (Å²) in [7, 11) is 0. The predicted molar refractivity (Wildman–Crippen MR) is 177 cm³/mol. The molecule has 1 aromatic heterocycles. The molecular weight excluding hydrogens is 524 g/mol. The molecule has 1 atom stereocenters. The van der Waals surface area contributed by atoms with Crippen LogP contribution in [0.2, 0.25) is 0 Å². The molecule has 0 aliphatic rings. The van der Waals surface area contributed by atoms with Gasteiger partial charge in [0.2, 0.25) is 5.91 Å². The molecule has 5 aromatic carbocycles. The predicted octanol–water partition coefficient (Wildman–Crippen LogP) is 8.79. The molecule has 1 heterocycles. The fraction of sp³-hybridized carbons (Fsp3) is 0.175. The number of hydrogen-bond acceptors (Lipinski definition) is 1. The van der Waals surface area contributed by atoms with Crippen LogP contribution in [0.25, 0.3) is 10.9 Å². The lowest BCUT2D eigenvalue weighted by Crippen LogP contribution is -2.33. The highest BCUT2D eigenvalue weighted by atomic mass is 16.2. The van der Waals surface area contributed by atoms with E-state index in [0.717, 1.165) is 18.5 Å². The molecule has 43 heavy (non-hydrogen) atoms. The molecule has 0 aliphatic heterocycles. The van der Waals surface area contributed by atoms with Crippen LogP contribution in [0.4, 0.5) is 0 Å². The van der Waals surface area contributed by atoms with Crippen molar-refractivity contribution in [3.05, 3.63) is 179 Å². The van der Waals surface area contributed by atoms with Crippen LogP contribution in [0.1, 0.15) is 45.7 Å². The third-order valence-corrected chi connectivity index (χ3v) is 8.30. The van der Waals surface area contributed by atoms with Crippen LogP contribution in [0.15, 0.2) is 146 Å². The first-order valence-electron chi connectivity index (χ1n) is 15.2. The van der Waals surface area contributed by atoms with Gasteiger partial charge in [0.15, 0.2) is 0 Å². The van der Waals surface area contributed by atoms with E-state index in [9.17, 15) is 4.79 Å². The van der Waals surface area contributed by atoms with Crippen molar-refractivity contribution in [2.45, 2.75) is 38.8 Å². The quantitative estimate of drug-likeness (QED) is 0.155. The van der Waals surface area contributed by atoms with Crippen molar-refractivity contribution in [1.29, 1.82) is 0 Å². The number of benzene rings is 5. The molecule has 6 aromatic rings. The average molecular weight is 563 g/mol. The fourth-order valence-electron chi connectivity index (χ4n) is 6.07. The van der Waals surface area contributed by atoms with Crippen molar-refractivity contribution in [3.63, 3.8) is 0 Å². The second kappa shape index (κ2) is 13.4. The van der Waals surface area contributed by atoms with Crippen LogP contribution in [-0.4, -0.2) is 21.9 Å². The number of aryl methyl sites for hydroxylation is 1. The molecule has 6 rings (SSSR count). The molecule has 214 valence electrons. The van der Waals surface area contributed by atoms with Gasteiger partial charge >= 0.3 is 0 Å². The van der Waals surface area contributed by atoms with E-state index in [4.69, 9.17) is 0 Å². The Balaban J connectivity index is 1.36. The highest BCUT2D eigenvalue weighted by Crippen LogP contribution is 2.36. The molecule has 3 heteroatoms. The van der Waals surface area contributed by atoms with Crippen LogP contribution in [-0.2, 0) is 24.3 Å². The van der Waals surface area contributed by atoms with Crippen molar-refractivity contribution in [1.82, 2.24) is 9.47 Å². The standard InChI is InChI=1S/C40H38N2O/c1-31-14-13-21-35(26-31)37(38-30-42(29-34-19-9-4-10-20-34)39-23-12-11-22-36(38)39)27-40(43)41(28-33-17-7-3-8-18-33)25-24-32-15-5-2-6-16-32/h2-23,26,30,37H,24-25,27-29H2,1H3. The van der Waals surface area contributed by atoms with Gasteiger partial charge in [-0.3, -0.25) is 4.79 Å². The molecule has 0 saturated carbocycles. The van der Waals surface area contributed by atoms with Gasteiger partial charge in [-0.2, -0.15) is 0 Å². The van der Waals surface area contributed by atoms with Gasteiger partial charge in [-0.05, 0) is 47.2 Å². The number of nitrogens with zero attached hydrogens (tertiary/aromatic N) is 2. The molecule has 0 radical (unpaired) electrons. The number of rotatable bonds is 11. The van der Waals surface area contributed by atoms with Crippen LogP contribution >= 0.6 is 0 Å². The van der Waals surface area contributed by atoms with E-state index >= 15 is 0 Å². The number of carbonyl (C=O) groups excluding carboxylic acids is 1. The molecule has 1 unspecified atom stereocenters. The zero-order valence-corrected chi connectivity index (χ0v) is 24.8. The molecule has 0 fully saturated rings. The second-order valence-corrected chi connectivity index (χ2v) is 11.4. The van der Waals surface area contributed by atoms with Crippen LogP contribution in [0, 0.1) is 6.92 Å². The maximum Gasteiger partial charge on any atom is 0.223 e. The summed E-state index contributed by atoms with van der Waals surface area (Å²) in [5.74, 6) is 0.107. The Morgan fingerprint density at radius 2 is 1.33 bits per heavy atom. The monoisotopic (exact) mass is 562 g/mol. The average Bonchev–Trinajstić information content (AvgIpc) is 3.41. The van der Waals surface area contributed by atoms with E-state index in [2.05, 4.69) is 133 Å². The zero-order chi connectivity index (χ0) is 29.4. The van der Waals surface area contributed by atoms with Gasteiger partial charge in [0.05, 0.1) is 0 Å². The number of aromatic nitrogens is 1. The largest absolute Gasteiger partial charge is 0.343 e. The summed E-state index contributed by atoms with van der Waals surface area (Å²) in [6.07, 6.45) is 3.51. The summed E-state index contributed by atoms with van der Waals surface area (Å²) in [6, 6.07) is 48.6. The normalized spacial score (nSPS) is 11.8. The molecule has 3 nitrogen and oxygen atoms in total. The summed E-state index contributed by atoms with van der Waals surface area (Å²) in [4.78, 5) is 16.4. The Morgan fingerprint density at radius 3 is 2.02 bits per heavy atom. The molecule has 1 amide bonds. The Bertz CT molecular complexity index is 1770. The van der Waals surface area contributed by atoms with E-state index < -0.39 is 0 Å². The topological polar surface area (TPSA) is 25.2 Å². The molecule has 0 aliphatic carbocycles. The van der Waals surface area contributed by atoms with Crippen LogP contribution in [0.5, 0.6) is 0 Å². The van der Waals surface area contributed by atoms with Gasteiger partial charge in [-0.25, -0.2) is 0 Å². The van der Waals surface area contributed by atoms with Crippen molar-refractivity contribution in [3.8, 4) is 0 Å². The van der Waals surface area contributed by atoms with Gasteiger partial charge in [-0.1, -0.05) is 139 Å². The minimum atomic E-state index is -0.0654. The second-order valence-electron chi connectivity index (χ2n) is 11.4. The van der Waals surface area contributed by atoms with Gasteiger partial charge in [0, 0.05) is 49.1 Å². The SMILES string of the molecule is Cc1cccc(C(CC(=O)N(CCc2ccccc2)Cc2ccccc2)c2cn(Cc3ccccc3)c3ccccc23)c1. The maximum absolute atomic E-state index is 14.4. The number of amides is 1. The molecule has 0 N–H and O–H groups in total. The Hall–Kier alpha value is -4.89. The first-order valence-corrected chi connectivity index (χ1v) is 15.2. The lowest BCUT2D eigenvalue weighted by molar-refractivity contribution is -0.132. The minimum absolute atomic E-state index is 0.0654. The van der Waals surface area contributed by atoms with E-state index in [1.54, 1.807) is 0 Å². The fourth-order valence-corrected chi connectivity index (χ4v) is 6.07. The lowest BCUT2D eigenvalue weighted by Gasteiger charge is -2.26. The van der Waals surface area contributed by atoms with Crippen molar-refractivity contribution < 1.29 is 4.79 Å². The van der Waals surface area contributed by atoms with E-state index in [1.165, 1.54) is 38.7 Å². The van der Waals surface area contributed by atoms with E-state index in [1.807, 2.05) is 29.2 Å². The Labute approximate surface area is 255 Å². The molecule has 0 spiro atoms.